The Labute approximate surface area is 146 Å². The molecule has 2 rings (SSSR count). The third-order valence-corrected chi connectivity index (χ3v) is 6.30. The van der Waals surface area contributed by atoms with Gasteiger partial charge in [-0.25, -0.2) is 8.42 Å². The van der Waals surface area contributed by atoms with Gasteiger partial charge in [0.05, 0.1) is 11.4 Å². The van der Waals surface area contributed by atoms with Crippen LogP contribution in [0.25, 0.3) is 0 Å². The number of nitrogens with one attached hydrogen (secondary N) is 1. The Morgan fingerprint density at radius 2 is 1.96 bits per heavy atom. The zero-order valence-corrected chi connectivity index (χ0v) is 15.8. The molecular formula is C17H30N4O2S. The van der Waals surface area contributed by atoms with E-state index < -0.39 is 10.0 Å². The first-order valence-electron chi connectivity index (χ1n) is 8.73. The Balaban J connectivity index is 2.09. The van der Waals surface area contributed by atoms with Gasteiger partial charge >= 0.3 is 0 Å². The fraction of sp³-hybridized carbons (Fsp3) is 0.765. The van der Waals surface area contributed by atoms with E-state index in [1.807, 2.05) is 0 Å². The lowest BCUT2D eigenvalue weighted by molar-refractivity contribution is 0.261. The van der Waals surface area contributed by atoms with Crippen molar-refractivity contribution in [1.29, 1.82) is 0 Å². The minimum atomic E-state index is -3.27. The van der Waals surface area contributed by atoms with Gasteiger partial charge in [-0.2, -0.15) is 4.31 Å². The third-order valence-electron chi connectivity index (χ3n) is 4.39. The van der Waals surface area contributed by atoms with Crippen LogP contribution in [0.5, 0.6) is 0 Å². The predicted molar refractivity (Wildman–Crippen MR) is 96.2 cm³/mol. The topological polar surface area (TPSA) is 75.2 Å². The lowest BCUT2D eigenvalue weighted by atomic mass is 9.94. The van der Waals surface area contributed by atoms with E-state index in [2.05, 4.69) is 36.1 Å². The maximum absolute atomic E-state index is 13.0. The maximum Gasteiger partial charge on any atom is 0.214 e. The van der Waals surface area contributed by atoms with Crippen LogP contribution in [0.2, 0.25) is 0 Å². The van der Waals surface area contributed by atoms with Crippen molar-refractivity contribution in [3.63, 3.8) is 0 Å². The molecule has 24 heavy (non-hydrogen) atoms. The van der Waals surface area contributed by atoms with E-state index in [-0.39, 0.29) is 17.2 Å². The minimum absolute atomic E-state index is 0.0117. The summed E-state index contributed by atoms with van der Waals surface area (Å²) in [4.78, 5) is 8.33. The van der Waals surface area contributed by atoms with Gasteiger partial charge in [0.2, 0.25) is 10.0 Å². The summed E-state index contributed by atoms with van der Waals surface area (Å²) in [7, 11) is -3.27. The highest BCUT2D eigenvalue weighted by molar-refractivity contribution is 7.89. The second kappa shape index (κ2) is 8.36. The highest BCUT2D eigenvalue weighted by Gasteiger charge is 2.31. The molecule has 0 saturated carbocycles. The van der Waals surface area contributed by atoms with Crippen LogP contribution in [0.4, 0.5) is 0 Å². The number of sulfonamides is 1. The van der Waals surface area contributed by atoms with Crippen molar-refractivity contribution < 1.29 is 8.42 Å². The molecule has 7 heteroatoms. The van der Waals surface area contributed by atoms with Gasteiger partial charge in [-0.05, 0) is 37.8 Å². The molecule has 6 nitrogen and oxygen atoms in total. The van der Waals surface area contributed by atoms with Crippen LogP contribution in [-0.2, 0) is 16.4 Å². The van der Waals surface area contributed by atoms with Crippen LogP contribution in [0.1, 0.15) is 45.7 Å². The number of rotatable bonds is 7. The molecule has 2 heterocycles. The van der Waals surface area contributed by atoms with Crippen LogP contribution in [0.15, 0.2) is 18.6 Å². The summed E-state index contributed by atoms with van der Waals surface area (Å²) in [6.07, 6.45) is 8.01. The van der Waals surface area contributed by atoms with Gasteiger partial charge in [0.15, 0.2) is 0 Å². The standard InChI is InChI=1S/C17H30N4O2S/c1-17(2,3)7-13-24(22,23)21(16-4-8-18-9-5-16)12-6-15-14-19-10-11-20-15/h10-11,14,16,18H,4-9,12-13H2,1-3H3. The summed E-state index contributed by atoms with van der Waals surface area (Å²) in [5, 5.41) is 3.31. The zero-order chi connectivity index (χ0) is 17.6. The Kier molecular flexibility index (Phi) is 6.71. The Morgan fingerprint density at radius 1 is 1.25 bits per heavy atom. The molecule has 0 aliphatic carbocycles. The number of aromatic nitrogens is 2. The monoisotopic (exact) mass is 354 g/mol. The molecule has 1 N–H and O–H groups in total. The highest BCUT2D eigenvalue weighted by Crippen LogP contribution is 2.23. The van der Waals surface area contributed by atoms with Crippen molar-refractivity contribution in [2.45, 2.75) is 52.5 Å². The van der Waals surface area contributed by atoms with Crippen LogP contribution in [0, 0.1) is 5.41 Å². The third kappa shape index (κ3) is 6.11. The number of hydrogen-bond donors (Lipinski definition) is 1. The van der Waals surface area contributed by atoms with Crippen molar-refractivity contribution >= 4 is 10.0 Å². The van der Waals surface area contributed by atoms with Gasteiger partial charge in [0.25, 0.3) is 0 Å². The quantitative estimate of drug-likeness (QED) is 0.809. The molecule has 1 saturated heterocycles. The van der Waals surface area contributed by atoms with E-state index in [1.165, 1.54) is 0 Å². The van der Waals surface area contributed by atoms with Gasteiger partial charge in [0, 0.05) is 37.6 Å². The van der Waals surface area contributed by atoms with Gasteiger partial charge in [-0.1, -0.05) is 20.8 Å². The summed E-state index contributed by atoms with van der Waals surface area (Å²) < 4.78 is 27.7. The van der Waals surface area contributed by atoms with Crippen LogP contribution in [-0.4, -0.2) is 54.1 Å². The summed E-state index contributed by atoms with van der Waals surface area (Å²) in [5.74, 6) is 0.209. The van der Waals surface area contributed by atoms with E-state index >= 15 is 0 Å². The van der Waals surface area contributed by atoms with Crippen LogP contribution < -0.4 is 5.32 Å². The Morgan fingerprint density at radius 3 is 2.54 bits per heavy atom. The summed E-state index contributed by atoms with van der Waals surface area (Å²) in [5.41, 5.74) is 0.847. The van der Waals surface area contributed by atoms with Gasteiger partial charge in [0.1, 0.15) is 0 Å². The van der Waals surface area contributed by atoms with E-state index in [1.54, 1.807) is 22.9 Å². The molecule has 1 aliphatic heterocycles. The molecule has 0 amide bonds. The molecule has 1 fully saturated rings. The average molecular weight is 355 g/mol. The molecule has 1 aromatic heterocycles. The van der Waals surface area contributed by atoms with E-state index in [0.29, 0.717) is 19.4 Å². The van der Waals surface area contributed by atoms with Crippen LogP contribution >= 0.6 is 0 Å². The molecule has 0 bridgehead atoms. The number of hydrogen-bond acceptors (Lipinski definition) is 5. The fourth-order valence-corrected chi connectivity index (χ4v) is 5.02. The predicted octanol–water partition coefficient (Wildman–Crippen LogP) is 1.84. The van der Waals surface area contributed by atoms with Crippen molar-refractivity contribution in [1.82, 2.24) is 19.6 Å². The molecule has 0 atom stereocenters. The Hall–Kier alpha value is -1.05. The second-order valence-electron chi connectivity index (χ2n) is 7.67. The average Bonchev–Trinajstić information content (AvgIpc) is 2.54. The van der Waals surface area contributed by atoms with E-state index in [9.17, 15) is 8.42 Å². The molecule has 1 aromatic rings. The maximum atomic E-state index is 13.0. The van der Waals surface area contributed by atoms with Crippen molar-refractivity contribution in [2.24, 2.45) is 5.41 Å². The molecule has 0 unspecified atom stereocenters. The summed E-state index contributed by atoms with van der Waals surface area (Å²) >= 11 is 0. The van der Waals surface area contributed by atoms with Crippen molar-refractivity contribution in [3.8, 4) is 0 Å². The normalized spacial score (nSPS) is 17.3. The number of nitrogens with zero attached hydrogens (tertiary/aromatic N) is 3. The lowest BCUT2D eigenvalue weighted by Crippen LogP contribution is -2.48. The fourth-order valence-electron chi connectivity index (χ4n) is 2.88. The van der Waals surface area contributed by atoms with E-state index in [4.69, 9.17) is 0 Å². The Bertz CT molecular complexity index is 593. The van der Waals surface area contributed by atoms with Gasteiger partial charge in [-0.15, -0.1) is 0 Å². The molecule has 1 aliphatic rings. The van der Waals surface area contributed by atoms with Crippen molar-refractivity contribution in [3.05, 3.63) is 24.3 Å². The van der Waals surface area contributed by atoms with Crippen LogP contribution in [0.3, 0.4) is 0 Å². The summed E-state index contributed by atoms with van der Waals surface area (Å²) in [6, 6.07) is 0.0906. The number of piperidine rings is 1. The van der Waals surface area contributed by atoms with E-state index in [0.717, 1.165) is 31.6 Å². The SMILES string of the molecule is CC(C)(C)CCS(=O)(=O)N(CCc1cnccn1)C1CCNCC1. The molecule has 0 spiro atoms. The molecule has 0 radical (unpaired) electrons. The molecular weight excluding hydrogens is 324 g/mol. The smallest absolute Gasteiger partial charge is 0.214 e. The lowest BCUT2D eigenvalue weighted by Gasteiger charge is -2.34. The van der Waals surface area contributed by atoms with Crippen molar-refractivity contribution in [2.75, 3.05) is 25.4 Å². The highest BCUT2D eigenvalue weighted by atomic mass is 32.2. The van der Waals surface area contributed by atoms with Gasteiger partial charge < -0.3 is 5.32 Å². The second-order valence-corrected chi connectivity index (χ2v) is 9.71. The first-order valence-corrected chi connectivity index (χ1v) is 10.3. The molecule has 136 valence electrons. The first-order chi connectivity index (χ1) is 11.3. The van der Waals surface area contributed by atoms with Gasteiger partial charge in [-0.3, -0.25) is 9.97 Å². The zero-order valence-electron chi connectivity index (χ0n) is 15.0. The largest absolute Gasteiger partial charge is 0.317 e. The molecule has 0 aromatic carbocycles. The first kappa shape index (κ1) is 19.3. The minimum Gasteiger partial charge on any atom is -0.317 e. The summed E-state index contributed by atoms with van der Waals surface area (Å²) in [6.45, 7) is 8.48.